The number of hydrogen-bond acceptors (Lipinski definition) is 7. The average molecular weight is 467 g/mol. The molecule has 2 aliphatic rings. The summed E-state index contributed by atoms with van der Waals surface area (Å²) in [5.74, 6) is 1.27. The summed E-state index contributed by atoms with van der Waals surface area (Å²) in [4.78, 5) is 43.4. The lowest BCUT2D eigenvalue weighted by molar-refractivity contribution is -0.123. The van der Waals surface area contributed by atoms with Crippen molar-refractivity contribution in [2.24, 2.45) is 0 Å². The molecule has 1 atom stereocenters. The minimum absolute atomic E-state index is 0.0574. The topological polar surface area (TPSA) is 101 Å². The monoisotopic (exact) mass is 466 g/mol. The molecule has 0 aromatic carbocycles. The smallest absolute Gasteiger partial charge is 0.412 e. The van der Waals surface area contributed by atoms with Crippen molar-refractivity contribution in [3.8, 4) is 11.4 Å². The summed E-state index contributed by atoms with van der Waals surface area (Å²) in [6, 6.07) is 2.02. The van der Waals surface area contributed by atoms with Gasteiger partial charge in [0.2, 0.25) is 0 Å². The summed E-state index contributed by atoms with van der Waals surface area (Å²) in [6.45, 7) is 9.49. The van der Waals surface area contributed by atoms with Gasteiger partial charge in [0.15, 0.2) is 11.6 Å². The van der Waals surface area contributed by atoms with E-state index in [1.165, 1.54) is 0 Å². The number of fused-ring (bicyclic) bond motifs is 1. The zero-order valence-corrected chi connectivity index (χ0v) is 20.9. The van der Waals surface area contributed by atoms with Gasteiger partial charge in [-0.15, -0.1) is 0 Å². The average Bonchev–Trinajstić information content (AvgIpc) is 3.30. The highest BCUT2D eigenvalue weighted by Gasteiger charge is 2.49. The second-order valence-corrected chi connectivity index (χ2v) is 10.3. The van der Waals surface area contributed by atoms with E-state index in [1.54, 1.807) is 36.6 Å². The molecular weight excluding hydrogens is 432 g/mol. The SMILES string of the molecule is CCC1(C)C(=O)N(C)c2cnc(-c3ccncc3NC(=O)OC(C)(C)C)nc2N1C1CCCC1. The van der Waals surface area contributed by atoms with Crippen LogP contribution in [0.5, 0.6) is 0 Å². The van der Waals surface area contributed by atoms with Gasteiger partial charge in [0.1, 0.15) is 16.8 Å². The molecule has 1 unspecified atom stereocenters. The first kappa shape index (κ1) is 23.9. The van der Waals surface area contributed by atoms with Crippen molar-refractivity contribution in [3.63, 3.8) is 0 Å². The molecule has 1 fully saturated rings. The van der Waals surface area contributed by atoms with E-state index < -0.39 is 17.2 Å². The van der Waals surface area contributed by atoms with E-state index in [-0.39, 0.29) is 11.9 Å². The molecule has 0 spiro atoms. The van der Waals surface area contributed by atoms with Crippen LogP contribution in [0.15, 0.2) is 24.7 Å². The van der Waals surface area contributed by atoms with E-state index in [9.17, 15) is 9.59 Å². The van der Waals surface area contributed by atoms with E-state index >= 15 is 0 Å². The first-order valence-electron chi connectivity index (χ1n) is 11.9. The molecule has 9 nitrogen and oxygen atoms in total. The molecule has 1 aliphatic heterocycles. The number of pyridine rings is 1. The maximum absolute atomic E-state index is 13.4. The fourth-order valence-corrected chi connectivity index (χ4v) is 4.88. The second kappa shape index (κ2) is 8.85. The molecule has 182 valence electrons. The summed E-state index contributed by atoms with van der Waals surface area (Å²) in [6.07, 6.45) is 9.35. The number of anilines is 3. The number of nitrogens with one attached hydrogen (secondary N) is 1. The number of hydrogen-bond donors (Lipinski definition) is 1. The molecule has 2 aromatic rings. The van der Waals surface area contributed by atoms with Crippen LogP contribution in [0.4, 0.5) is 22.0 Å². The van der Waals surface area contributed by atoms with Gasteiger partial charge in [0.25, 0.3) is 5.91 Å². The standard InChI is InChI=1S/C25H34N6O3/c1-7-25(5)22(32)30(6)19-15-27-20(29-21(19)31(25)16-10-8-9-11-16)17-12-13-26-14-18(17)28-23(33)34-24(2,3)4/h12-16H,7-11H2,1-6H3,(H,28,33). The zero-order valence-electron chi connectivity index (χ0n) is 20.9. The van der Waals surface area contributed by atoms with Crippen LogP contribution in [0.1, 0.15) is 66.7 Å². The Morgan fingerprint density at radius 3 is 2.62 bits per heavy atom. The Morgan fingerprint density at radius 2 is 1.97 bits per heavy atom. The summed E-state index contributed by atoms with van der Waals surface area (Å²) in [7, 11) is 1.78. The largest absolute Gasteiger partial charge is 0.444 e. The van der Waals surface area contributed by atoms with Crippen molar-refractivity contribution in [1.82, 2.24) is 15.0 Å². The van der Waals surface area contributed by atoms with Gasteiger partial charge < -0.3 is 14.5 Å². The first-order valence-corrected chi connectivity index (χ1v) is 11.9. The summed E-state index contributed by atoms with van der Waals surface area (Å²) in [5.41, 5.74) is 0.480. The van der Waals surface area contributed by atoms with Crippen molar-refractivity contribution >= 4 is 29.2 Å². The zero-order chi connectivity index (χ0) is 24.7. The number of carbonyl (C=O) groups excluding carboxylic acids is 2. The predicted octanol–water partition coefficient (Wildman–Crippen LogP) is 4.78. The van der Waals surface area contributed by atoms with Crippen LogP contribution >= 0.6 is 0 Å². The van der Waals surface area contributed by atoms with Crippen LogP contribution in [0, 0.1) is 0 Å². The molecule has 2 aromatic heterocycles. The highest BCUT2D eigenvalue weighted by molar-refractivity contribution is 6.07. The fourth-order valence-electron chi connectivity index (χ4n) is 4.88. The highest BCUT2D eigenvalue weighted by atomic mass is 16.6. The van der Waals surface area contributed by atoms with Gasteiger partial charge in [-0.05, 0) is 53.0 Å². The number of ether oxygens (including phenoxy) is 1. The fraction of sp³-hybridized carbons (Fsp3) is 0.560. The Balaban J connectivity index is 1.78. The van der Waals surface area contributed by atoms with Crippen LogP contribution < -0.4 is 15.1 Å². The third-order valence-electron chi connectivity index (χ3n) is 6.71. The lowest BCUT2D eigenvalue weighted by atomic mass is 9.89. The van der Waals surface area contributed by atoms with Gasteiger partial charge in [0.05, 0.1) is 18.1 Å². The Hall–Kier alpha value is -3.23. The molecule has 1 N–H and O–H groups in total. The Labute approximate surface area is 200 Å². The highest BCUT2D eigenvalue weighted by Crippen LogP contribution is 2.44. The molecule has 4 rings (SSSR count). The van der Waals surface area contributed by atoms with Crippen molar-refractivity contribution in [1.29, 1.82) is 0 Å². The molecule has 9 heteroatoms. The van der Waals surface area contributed by atoms with E-state index in [2.05, 4.69) is 20.2 Å². The number of likely N-dealkylation sites (N-methyl/N-ethyl adjacent to an activating group) is 1. The number of nitrogens with zero attached hydrogens (tertiary/aromatic N) is 5. The van der Waals surface area contributed by atoms with Crippen molar-refractivity contribution < 1.29 is 14.3 Å². The van der Waals surface area contributed by atoms with Crippen LogP contribution in [0.3, 0.4) is 0 Å². The maximum Gasteiger partial charge on any atom is 0.412 e. The number of carbonyl (C=O) groups is 2. The Kier molecular flexibility index (Phi) is 6.22. The Bertz CT molecular complexity index is 1090. The molecule has 34 heavy (non-hydrogen) atoms. The summed E-state index contributed by atoms with van der Waals surface area (Å²) >= 11 is 0. The minimum atomic E-state index is -0.682. The van der Waals surface area contributed by atoms with Crippen LogP contribution in [0.2, 0.25) is 0 Å². The summed E-state index contributed by atoms with van der Waals surface area (Å²) < 4.78 is 5.40. The third-order valence-corrected chi connectivity index (χ3v) is 6.71. The van der Waals surface area contributed by atoms with Crippen molar-refractivity contribution in [2.75, 3.05) is 22.2 Å². The number of amides is 2. The van der Waals surface area contributed by atoms with Crippen LogP contribution in [0.25, 0.3) is 11.4 Å². The molecule has 0 bridgehead atoms. The molecule has 3 heterocycles. The normalized spacial score (nSPS) is 20.9. The first-order chi connectivity index (χ1) is 16.0. The van der Waals surface area contributed by atoms with Gasteiger partial charge in [-0.25, -0.2) is 14.8 Å². The van der Waals surface area contributed by atoms with E-state index in [1.807, 2.05) is 34.6 Å². The van der Waals surface area contributed by atoms with Crippen molar-refractivity contribution in [2.45, 2.75) is 83.9 Å². The van der Waals surface area contributed by atoms with Gasteiger partial charge in [0, 0.05) is 24.8 Å². The second-order valence-electron chi connectivity index (χ2n) is 10.3. The molecular formula is C25H34N6O3. The van der Waals surface area contributed by atoms with Gasteiger partial charge in [-0.3, -0.25) is 15.1 Å². The molecule has 1 aliphatic carbocycles. The van der Waals surface area contributed by atoms with Gasteiger partial charge in [-0.2, -0.15) is 0 Å². The molecule has 0 radical (unpaired) electrons. The molecule has 2 amide bonds. The molecule has 1 saturated carbocycles. The molecule has 0 saturated heterocycles. The third kappa shape index (κ3) is 4.31. The number of aromatic nitrogens is 3. The van der Waals surface area contributed by atoms with E-state index in [0.29, 0.717) is 29.2 Å². The van der Waals surface area contributed by atoms with E-state index in [0.717, 1.165) is 31.5 Å². The maximum atomic E-state index is 13.4. The number of rotatable bonds is 4. The van der Waals surface area contributed by atoms with Crippen molar-refractivity contribution in [3.05, 3.63) is 24.7 Å². The van der Waals surface area contributed by atoms with Crippen LogP contribution in [-0.4, -0.2) is 51.2 Å². The van der Waals surface area contributed by atoms with Gasteiger partial charge >= 0.3 is 6.09 Å². The van der Waals surface area contributed by atoms with Crippen LogP contribution in [-0.2, 0) is 9.53 Å². The lowest BCUT2D eigenvalue weighted by Gasteiger charge is -2.50. The summed E-state index contributed by atoms with van der Waals surface area (Å²) in [5, 5.41) is 2.77. The quantitative estimate of drug-likeness (QED) is 0.692. The lowest BCUT2D eigenvalue weighted by Crippen LogP contribution is -2.63. The Morgan fingerprint density at radius 1 is 1.26 bits per heavy atom. The minimum Gasteiger partial charge on any atom is -0.444 e. The van der Waals surface area contributed by atoms with Gasteiger partial charge in [-0.1, -0.05) is 19.8 Å². The van der Waals surface area contributed by atoms with E-state index in [4.69, 9.17) is 9.72 Å². The predicted molar refractivity (Wildman–Crippen MR) is 132 cm³/mol.